The van der Waals surface area contributed by atoms with Crippen molar-refractivity contribution in [3.63, 3.8) is 0 Å². The minimum absolute atomic E-state index is 0. The normalized spacial score (nSPS) is 11.0. The molecule has 0 unspecified atom stereocenters. The molecule has 0 aliphatic carbocycles. The van der Waals surface area contributed by atoms with Gasteiger partial charge < -0.3 is 15.8 Å². The van der Waals surface area contributed by atoms with E-state index in [0.717, 1.165) is 24.1 Å². The van der Waals surface area contributed by atoms with E-state index in [2.05, 4.69) is 58.8 Å². The van der Waals surface area contributed by atoms with Gasteiger partial charge in [0.15, 0.2) is 5.96 Å². The molecule has 0 heterocycles. The number of ether oxygens (including phenoxy) is 1. The molecular weight excluding hydrogens is 473 g/mol. The lowest BCUT2D eigenvalue weighted by Gasteiger charge is -2.07. The van der Waals surface area contributed by atoms with Crippen LogP contribution in [0.25, 0.3) is 0 Å². The SMILES string of the molecule is I.NC(=NCc1ccc(COCc2ccccc2)cc1)NCCc1ccccc1. The number of benzene rings is 3. The number of hydrogen-bond donors (Lipinski definition) is 2. The summed E-state index contributed by atoms with van der Waals surface area (Å²) in [6.07, 6.45) is 0.925. The lowest BCUT2D eigenvalue weighted by Crippen LogP contribution is -2.33. The fraction of sp³-hybridized carbons (Fsp3) is 0.208. The summed E-state index contributed by atoms with van der Waals surface area (Å²) in [6.45, 7) is 2.56. The molecule has 0 saturated heterocycles. The summed E-state index contributed by atoms with van der Waals surface area (Å²) in [5.74, 6) is 0.478. The molecule has 0 fully saturated rings. The van der Waals surface area contributed by atoms with Gasteiger partial charge >= 0.3 is 0 Å². The van der Waals surface area contributed by atoms with Crippen LogP contribution in [-0.4, -0.2) is 12.5 Å². The summed E-state index contributed by atoms with van der Waals surface area (Å²) in [7, 11) is 0. The molecule has 3 rings (SSSR count). The number of rotatable bonds is 9. The van der Waals surface area contributed by atoms with Crippen molar-refractivity contribution < 1.29 is 4.74 Å². The standard InChI is InChI=1S/C24H27N3O.HI/c25-24(26-16-15-20-7-3-1-4-8-20)27-17-21-11-13-23(14-12-21)19-28-18-22-9-5-2-6-10-22;/h1-14H,15-19H2,(H3,25,26,27);1H. The topological polar surface area (TPSA) is 59.6 Å². The molecule has 0 aromatic heterocycles. The van der Waals surface area contributed by atoms with Crippen LogP contribution in [0.3, 0.4) is 0 Å². The Balaban J connectivity index is 0.00000300. The fourth-order valence-corrected chi connectivity index (χ4v) is 2.81. The Kier molecular flexibility index (Phi) is 10.2. The lowest BCUT2D eigenvalue weighted by atomic mass is 10.1. The number of halogens is 1. The van der Waals surface area contributed by atoms with E-state index < -0.39 is 0 Å². The molecule has 3 aromatic carbocycles. The lowest BCUT2D eigenvalue weighted by molar-refractivity contribution is 0.107. The maximum atomic E-state index is 5.96. The molecule has 3 aromatic rings. The average Bonchev–Trinajstić information content (AvgIpc) is 2.75. The second kappa shape index (κ2) is 13.0. The zero-order valence-electron chi connectivity index (χ0n) is 16.5. The van der Waals surface area contributed by atoms with Crippen molar-refractivity contribution in [1.29, 1.82) is 0 Å². The predicted octanol–water partition coefficient (Wildman–Crippen LogP) is 4.67. The summed E-state index contributed by atoms with van der Waals surface area (Å²) in [5, 5.41) is 3.16. The molecule has 152 valence electrons. The van der Waals surface area contributed by atoms with Gasteiger partial charge in [0, 0.05) is 6.54 Å². The second-order valence-corrected chi connectivity index (χ2v) is 6.66. The van der Waals surface area contributed by atoms with E-state index in [9.17, 15) is 0 Å². The summed E-state index contributed by atoms with van der Waals surface area (Å²) >= 11 is 0. The first-order chi connectivity index (χ1) is 13.8. The molecule has 0 aliphatic heterocycles. The van der Waals surface area contributed by atoms with Crippen molar-refractivity contribution in [2.75, 3.05) is 6.54 Å². The van der Waals surface area contributed by atoms with E-state index in [-0.39, 0.29) is 24.0 Å². The molecule has 0 amide bonds. The van der Waals surface area contributed by atoms with Crippen LogP contribution in [-0.2, 0) is 30.9 Å². The summed E-state index contributed by atoms with van der Waals surface area (Å²) < 4.78 is 5.77. The highest BCUT2D eigenvalue weighted by Gasteiger charge is 1.98. The van der Waals surface area contributed by atoms with Crippen LogP contribution in [0.5, 0.6) is 0 Å². The maximum Gasteiger partial charge on any atom is 0.188 e. The van der Waals surface area contributed by atoms with Gasteiger partial charge in [0.2, 0.25) is 0 Å². The third-order valence-corrected chi connectivity index (χ3v) is 4.40. The molecule has 0 radical (unpaired) electrons. The van der Waals surface area contributed by atoms with Crippen molar-refractivity contribution in [1.82, 2.24) is 5.32 Å². The molecule has 3 N–H and O–H groups in total. The van der Waals surface area contributed by atoms with Crippen molar-refractivity contribution in [3.8, 4) is 0 Å². The minimum atomic E-state index is 0. The Labute approximate surface area is 190 Å². The Morgan fingerprint density at radius 1 is 0.724 bits per heavy atom. The van der Waals surface area contributed by atoms with Crippen LogP contribution in [0, 0.1) is 0 Å². The largest absolute Gasteiger partial charge is 0.372 e. The zero-order valence-corrected chi connectivity index (χ0v) is 18.8. The Bertz CT molecular complexity index is 852. The molecule has 5 heteroatoms. The first-order valence-corrected chi connectivity index (χ1v) is 9.57. The Morgan fingerprint density at radius 2 is 1.24 bits per heavy atom. The van der Waals surface area contributed by atoms with Crippen LogP contribution >= 0.6 is 24.0 Å². The van der Waals surface area contributed by atoms with E-state index >= 15 is 0 Å². The average molecular weight is 501 g/mol. The van der Waals surface area contributed by atoms with E-state index in [4.69, 9.17) is 10.5 Å². The molecule has 0 atom stereocenters. The van der Waals surface area contributed by atoms with Crippen LogP contribution in [0.2, 0.25) is 0 Å². The van der Waals surface area contributed by atoms with Crippen molar-refractivity contribution in [2.24, 2.45) is 10.7 Å². The summed E-state index contributed by atoms with van der Waals surface area (Å²) in [6, 6.07) is 28.8. The van der Waals surface area contributed by atoms with E-state index in [1.165, 1.54) is 11.1 Å². The van der Waals surface area contributed by atoms with Gasteiger partial charge in [-0.1, -0.05) is 84.9 Å². The molecule has 0 bridgehead atoms. The van der Waals surface area contributed by atoms with Crippen LogP contribution in [0.1, 0.15) is 22.3 Å². The van der Waals surface area contributed by atoms with Gasteiger partial charge in [-0.3, -0.25) is 0 Å². The number of nitrogens with one attached hydrogen (secondary N) is 1. The van der Waals surface area contributed by atoms with Gasteiger partial charge in [-0.05, 0) is 28.7 Å². The maximum absolute atomic E-state index is 5.96. The van der Waals surface area contributed by atoms with Gasteiger partial charge in [-0.2, -0.15) is 0 Å². The quantitative estimate of drug-likeness (QED) is 0.255. The second-order valence-electron chi connectivity index (χ2n) is 6.66. The summed E-state index contributed by atoms with van der Waals surface area (Å²) in [4.78, 5) is 4.41. The number of hydrogen-bond acceptors (Lipinski definition) is 2. The first-order valence-electron chi connectivity index (χ1n) is 9.57. The van der Waals surface area contributed by atoms with E-state index in [1.807, 2.05) is 36.4 Å². The van der Waals surface area contributed by atoms with Gasteiger partial charge in [0.25, 0.3) is 0 Å². The molecule has 4 nitrogen and oxygen atoms in total. The van der Waals surface area contributed by atoms with Crippen molar-refractivity contribution in [2.45, 2.75) is 26.2 Å². The van der Waals surface area contributed by atoms with Gasteiger partial charge in [0.1, 0.15) is 0 Å². The minimum Gasteiger partial charge on any atom is -0.372 e. The Morgan fingerprint density at radius 3 is 1.86 bits per heavy atom. The number of guanidine groups is 1. The number of aliphatic imine (C=N–C) groups is 1. The Hall–Kier alpha value is -2.38. The third kappa shape index (κ3) is 8.66. The fourth-order valence-electron chi connectivity index (χ4n) is 2.81. The molecule has 0 saturated carbocycles. The molecule has 29 heavy (non-hydrogen) atoms. The first kappa shape index (κ1) is 22.9. The molecule has 0 spiro atoms. The summed E-state index contributed by atoms with van der Waals surface area (Å²) in [5.41, 5.74) is 10.7. The third-order valence-electron chi connectivity index (χ3n) is 4.40. The molecular formula is C24H28IN3O. The predicted molar refractivity (Wildman–Crippen MR) is 130 cm³/mol. The van der Waals surface area contributed by atoms with Gasteiger partial charge in [-0.15, -0.1) is 24.0 Å². The van der Waals surface area contributed by atoms with Crippen LogP contribution in [0.15, 0.2) is 89.9 Å². The van der Waals surface area contributed by atoms with Crippen LogP contribution in [0.4, 0.5) is 0 Å². The van der Waals surface area contributed by atoms with Crippen molar-refractivity contribution in [3.05, 3.63) is 107 Å². The highest BCUT2D eigenvalue weighted by molar-refractivity contribution is 14.0. The van der Waals surface area contributed by atoms with E-state index in [1.54, 1.807) is 0 Å². The van der Waals surface area contributed by atoms with Crippen LogP contribution < -0.4 is 11.1 Å². The van der Waals surface area contributed by atoms with Crippen molar-refractivity contribution >= 4 is 29.9 Å². The number of nitrogens with zero attached hydrogens (tertiary/aromatic N) is 1. The van der Waals surface area contributed by atoms with Gasteiger partial charge in [-0.25, -0.2) is 4.99 Å². The smallest absolute Gasteiger partial charge is 0.188 e. The monoisotopic (exact) mass is 501 g/mol. The van der Waals surface area contributed by atoms with Gasteiger partial charge in [0.05, 0.1) is 19.8 Å². The number of nitrogens with two attached hydrogens (primary N) is 1. The molecule has 0 aliphatic rings. The highest BCUT2D eigenvalue weighted by Crippen LogP contribution is 2.09. The zero-order chi connectivity index (χ0) is 19.4. The van der Waals surface area contributed by atoms with E-state index in [0.29, 0.717) is 25.7 Å². The highest BCUT2D eigenvalue weighted by atomic mass is 127.